The average molecular weight is 232 g/mol. The van der Waals surface area contributed by atoms with Crippen LogP contribution in [0.2, 0.25) is 0 Å². The highest BCUT2D eigenvalue weighted by Gasteiger charge is 2.09. The average Bonchev–Trinajstić information content (AvgIpc) is 2.80. The van der Waals surface area contributed by atoms with Crippen LogP contribution in [0.4, 0.5) is 0 Å². The topological polar surface area (TPSA) is 58.3 Å². The number of hydrogen-bond acceptors (Lipinski definition) is 4. The molecule has 4 nitrogen and oxygen atoms in total. The van der Waals surface area contributed by atoms with E-state index in [1.54, 1.807) is 18.3 Å². The Morgan fingerprint density at radius 2 is 2.06 bits per heavy atom. The molecule has 17 heavy (non-hydrogen) atoms. The fourth-order valence-corrected chi connectivity index (χ4v) is 1.54. The first-order valence-electron chi connectivity index (χ1n) is 5.59. The number of nitrogens with one attached hydrogen (secondary N) is 1. The van der Waals surface area contributed by atoms with Gasteiger partial charge in [0.15, 0.2) is 5.89 Å². The van der Waals surface area contributed by atoms with Gasteiger partial charge in [-0.1, -0.05) is 12.1 Å². The van der Waals surface area contributed by atoms with Crippen LogP contribution in [0, 0.1) is 0 Å². The van der Waals surface area contributed by atoms with Crippen LogP contribution in [-0.2, 0) is 6.42 Å². The molecule has 1 aromatic heterocycles. The van der Waals surface area contributed by atoms with Crippen molar-refractivity contribution in [3.05, 3.63) is 47.7 Å². The van der Waals surface area contributed by atoms with Gasteiger partial charge >= 0.3 is 0 Å². The smallest absolute Gasteiger partial charge is 0.198 e. The van der Waals surface area contributed by atoms with E-state index < -0.39 is 0 Å². The van der Waals surface area contributed by atoms with Gasteiger partial charge in [0.2, 0.25) is 0 Å². The second-order valence-corrected chi connectivity index (χ2v) is 4.01. The van der Waals surface area contributed by atoms with Crippen LogP contribution in [0.3, 0.4) is 0 Å². The first-order chi connectivity index (χ1) is 8.19. The molecule has 2 N–H and O–H groups in total. The van der Waals surface area contributed by atoms with Crippen LogP contribution < -0.4 is 5.32 Å². The van der Waals surface area contributed by atoms with Crippen molar-refractivity contribution in [2.45, 2.75) is 19.4 Å². The summed E-state index contributed by atoms with van der Waals surface area (Å²) in [6, 6.07) is 7.21. The Bertz CT molecular complexity index is 476. The summed E-state index contributed by atoms with van der Waals surface area (Å²) in [6.45, 7) is 2.02. The zero-order chi connectivity index (χ0) is 12.3. The molecule has 0 saturated carbocycles. The number of oxazole rings is 1. The molecule has 0 spiro atoms. The van der Waals surface area contributed by atoms with Crippen LogP contribution in [-0.4, -0.2) is 17.1 Å². The quantitative estimate of drug-likeness (QED) is 0.848. The lowest BCUT2D eigenvalue weighted by Crippen LogP contribution is -2.11. The summed E-state index contributed by atoms with van der Waals surface area (Å²) in [5, 5.41) is 12.3. The van der Waals surface area contributed by atoms with Gasteiger partial charge < -0.3 is 14.8 Å². The van der Waals surface area contributed by atoms with E-state index >= 15 is 0 Å². The third kappa shape index (κ3) is 2.85. The van der Waals surface area contributed by atoms with E-state index in [2.05, 4.69) is 10.3 Å². The summed E-state index contributed by atoms with van der Waals surface area (Å²) in [4.78, 5) is 4.23. The third-order valence-electron chi connectivity index (χ3n) is 2.72. The minimum atomic E-state index is 0.163. The first-order valence-corrected chi connectivity index (χ1v) is 5.59. The maximum Gasteiger partial charge on any atom is 0.198 e. The predicted octanol–water partition coefficient (Wildman–Crippen LogP) is 2.25. The van der Waals surface area contributed by atoms with Crippen molar-refractivity contribution < 1.29 is 9.52 Å². The van der Waals surface area contributed by atoms with E-state index in [1.807, 2.05) is 26.1 Å². The minimum absolute atomic E-state index is 0.163. The van der Waals surface area contributed by atoms with Crippen LogP contribution in [0.25, 0.3) is 0 Å². The Morgan fingerprint density at radius 3 is 2.71 bits per heavy atom. The number of benzene rings is 1. The van der Waals surface area contributed by atoms with Crippen molar-refractivity contribution in [2.75, 3.05) is 7.05 Å². The van der Waals surface area contributed by atoms with Gasteiger partial charge in [-0.25, -0.2) is 4.98 Å². The summed E-state index contributed by atoms with van der Waals surface area (Å²) in [6.07, 6.45) is 2.38. The van der Waals surface area contributed by atoms with Gasteiger partial charge in [0.1, 0.15) is 11.5 Å². The Labute approximate surface area is 100 Å². The molecular formula is C13H16N2O2. The molecule has 0 amide bonds. The monoisotopic (exact) mass is 232 g/mol. The first kappa shape index (κ1) is 11.7. The molecule has 1 unspecified atom stereocenters. The van der Waals surface area contributed by atoms with Crippen LogP contribution in [0.15, 0.2) is 34.9 Å². The number of phenols is 1. The summed E-state index contributed by atoms with van der Waals surface area (Å²) in [5.74, 6) is 1.79. The zero-order valence-electron chi connectivity index (χ0n) is 9.97. The molecule has 1 atom stereocenters. The Kier molecular flexibility index (Phi) is 3.44. The van der Waals surface area contributed by atoms with E-state index in [0.29, 0.717) is 12.3 Å². The molecule has 90 valence electrons. The molecule has 1 aromatic carbocycles. The molecule has 4 heteroatoms. The number of hydrogen-bond donors (Lipinski definition) is 2. The minimum Gasteiger partial charge on any atom is -0.508 e. The lowest BCUT2D eigenvalue weighted by atomic mass is 10.1. The normalized spacial score (nSPS) is 12.6. The fourth-order valence-electron chi connectivity index (χ4n) is 1.54. The van der Waals surface area contributed by atoms with Crippen LogP contribution in [0.1, 0.15) is 30.2 Å². The second kappa shape index (κ2) is 5.01. The SMILES string of the molecule is CNC(C)c1cnc(Cc2ccc(O)cc2)o1. The van der Waals surface area contributed by atoms with E-state index in [9.17, 15) is 5.11 Å². The molecule has 0 radical (unpaired) electrons. The van der Waals surface area contributed by atoms with Gasteiger partial charge in [-0.15, -0.1) is 0 Å². The summed E-state index contributed by atoms with van der Waals surface area (Å²) in [5.41, 5.74) is 1.06. The number of nitrogens with zero attached hydrogens (tertiary/aromatic N) is 1. The fraction of sp³-hybridized carbons (Fsp3) is 0.308. The molecule has 0 bridgehead atoms. The van der Waals surface area contributed by atoms with E-state index in [4.69, 9.17) is 4.42 Å². The van der Waals surface area contributed by atoms with Crippen molar-refractivity contribution in [1.29, 1.82) is 0 Å². The molecule has 0 aliphatic heterocycles. The molecular weight excluding hydrogens is 216 g/mol. The Hall–Kier alpha value is -1.81. The molecule has 0 fully saturated rings. The van der Waals surface area contributed by atoms with Crippen molar-refractivity contribution in [3.63, 3.8) is 0 Å². The summed E-state index contributed by atoms with van der Waals surface area (Å²) in [7, 11) is 1.88. The van der Waals surface area contributed by atoms with E-state index in [0.717, 1.165) is 11.3 Å². The Balaban J connectivity index is 2.08. The summed E-state index contributed by atoms with van der Waals surface area (Å²) < 4.78 is 5.63. The van der Waals surface area contributed by atoms with Crippen molar-refractivity contribution in [2.24, 2.45) is 0 Å². The van der Waals surface area contributed by atoms with Crippen LogP contribution in [0.5, 0.6) is 5.75 Å². The van der Waals surface area contributed by atoms with E-state index in [-0.39, 0.29) is 11.8 Å². The lowest BCUT2D eigenvalue weighted by Gasteiger charge is -2.04. The van der Waals surface area contributed by atoms with Crippen molar-refractivity contribution >= 4 is 0 Å². The van der Waals surface area contributed by atoms with Gasteiger partial charge in [-0.2, -0.15) is 0 Å². The van der Waals surface area contributed by atoms with Gasteiger partial charge in [0.25, 0.3) is 0 Å². The molecule has 0 aliphatic carbocycles. The number of aromatic nitrogens is 1. The third-order valence-corrected chi connectivity index (χ3v) is 2.72. The number of aromatic hydroxyl groups is 1. The second-order valence-electron chi connectivity index (χ2n) is 4.01. The highest BCUT2D eigenvalue weighted by atomic mass is 16.4. The number of rotatable bonds is 4. The van der Waals surface area contributed by atoms with Gasteiger partial charge in [-0.05, 0) is 31.7 Å². The molecule has 2 rings (SSSR count). The maximum atomic E-state index is 9.18. The standard InChI is InChI=1S/C13H16N2O2/c1-9(14-2)12-8-15-13(17-12)7-10-3-5-11(16)6-4-10/h3-6,8-9,14,16H,7H2,1-2H3. The number of phenolic OH excluding ortho intramolecular Hbond substituents is 1. The maximum absolute atomic E-state index is 9.18. The Morgan fingerprint density at radius 1 is 1.35 bits per heavy atom. The lowest BCUT2D eigenvalue weighted by molar-refractivity contribution is 0.419. The van der Waals surface area contributed by atoms with Gasteiger partial charge in [0.05, 0.1) is 12.2 Å². The molecule has 1 heterocycles. The molecule has 0 saturated heterocycles. The van der Waals surface area contributed by atoms with Crippen molar-refractivity contribution in [1.82, 2.24) is 10.3 Å². The van der Waals surface area contributed by atoms with Crippen molar-refractivity contribution in [3.8, 4) is 5.75 Å². The summed E-state index contributed by atoms with van der Waals surface area (Å²) >= 11 is 0. The zero-order valence-corrected chi connectivity index (χ0v) is 9.97. The molecule has 2 aromatic rings. The van der Waals surface area contributed by atoms with Gasteiger partial charge in [-0.3, -0.25) is 0 Å². The molecule has 0 aliphatic rings. The highest BCUT2D eigenvalue weighted by Crippen LogP contribution is 2.17. The van der Waals surface area contributed by atoms with Gasteiger partial charge in [0, 0.05) is 6.42 Å². The largest absolute Gasteiger partial charge is 0.508 e. The van der Waals surface area contributed by atoms with E-state index in [1.165, 1.54) is 0 Å². The highest BCUT2D eigenvalue weighted by molar-refractivity contribution is 5.27. The predicted molar refractivity (Wildman–Crippen MR) is 64.9 cm³/mol. The van der Waals surface area contributed by atoms with Crippen LogP contribution >= 0.6 is 0 Å².